The first-order valence-corrected chi connectivity index (χ1v) is 8.99. The first-order valence-electron chi connectivity index (χ1n) is 8.99. The van der Waals surface area contributed by atoms with Gasteiger partial charge in [-0.25, -0.2) is 0 Å². The smallest absolute Gasteiger partial charge is 0.0829 e. The predicted molar refractivity (Wildman–Crippen MR) is 84.5 cm³/mol. The molecular formula is C17H31N3O. The highest BCUT2D eigenvalue weighted by atomic mass is 16.5. The van der Waals surface area contributed by atoms with Gasteiger partial charge >= 0.3 is 0 Å². The Balaban J connectivity index is 1.36. The van der Waals surface area contributed by atoms with E-state index in [1.54, 1.807) is 0 Å². The zero-order valence-electron chi connectivity index (χ0n) is 13.7. The maximum Gasteiger partial charge on any atom is 0.0829 e. The molecule has 21 heavy (non-hydrogen) atoms. The zero-order chi connectivity index (χ0) is 14.4. The molecule has 0 amide bonds. The Morgan fingerprint density at radius 3 is 2.95 bits per heavy atom. The van der Waals surface area contributed by atoms with Crippen LogP contribution in [-0.4, -0.2) is 72.9 Å². The molecule has 0 radical (unpaired) electrons. The largest absolute Gasteiger partial charge is 0.374 e. The Kier molecular flexibility index (Phi) is 3.77. The van der Waals surface area contributed by atoms with Gasteiger partial charge in [0.2, 0.25) is 0 Å². The van der Waals surface area contributed by atoms with Crippen molar-refractivity contribution in [3.05, 3.63) is 0 Å². The molecule has 1 N–H and O–H groups in total. The van der Waals surface area contributed by atoms with Crippen LogP contribution in [0.2, 0.25) is 0 Å². The summed E-state index contributed by atoms with van der Waals surface area (Å²) in [6, 6.07) is 1.36. The van der Waals surface area contributed by atoms with Gasteiger partial charge in [0.1, 0.15) is 0 Å². The number of rotatable bonds is 3. The third-order valence-electron chi connectivity index (χ3n) is 6.33. The molecule has 3 saturated heterocycles. The van der Waals surface area contributed by atoms with Crippen molar-refractivity contribution in [2.75, 3.05) is 39.3 Å². The normalized spacial score (nSPS) is 45.7. The number of hydrogen-bond acceptors (Lipinski definition) is 4. The monoisotopic (exact) mass is 293 g/mol. The lowest BCUT2D eigenvalue weighted by Gasteiger charge is -2.47. The first-order chi connectivity index (χ1) is 10.1. The van der Waals surface area contributed by atoms with E-state index in [1.807, 2.05) is 0 Å². The highest BCUT2D eigenvalue weighted by Gasteiger charge is 2.46. The number of morpholine rings is 1. The summed E-state index contributed by atoms with van der Waals surface area (Å²) in [6.45, 7) is 11.7. The van der Waals surface area contributed by atoms with Crippen LogP contribution in [-0.2, 0) is 4.74 Å². The lowest BCUT2D eigenvalue weighted by atomic mass is 9.91. The van der Waals surface area contributed by atoms with E-state index in [2.05, 4.69) is 29.0 Å². The van der Waals surface area contributed by atoms with Gasteiger partial charge in [0.05, 0.1) is 12.7 Å². The fourth-order valence-corrected chi connectivity index (χ4v) is 4.64. The molecule has 0 aromatic carbocycles. The lowest BCUT2D eigenvalue weighted by Crippen LogP contribution is -2.65. The highest BCUT2D eigenvalue weighted by molar-refractivity contribution is 5.04. The van der Waals surface area contributed by atoms with Crippen molar-refractivity contribution in [1.82, 2.24) is 15.1 Å². The van der Waals surface area contributed by atoms with Crippen molar-refractivity contribution in [2.24, 2.45) is 5.92 Å². The number of nitrogens with one attached hydrogen (secondary N) is 1. The predicted octanol–water partition coefficient (Wildman–Crippen LogP) is 1.31. The summed E-state index contributed by atoms with van der Waals surface area (Å²) in [6.07, 6.45) is 5.96. The molecule has 0 aromatic rings. The van der Waals surface area contributed by atoms with E-state index < -0.39 is 0 Å². The Morgan fingerprint density at radius 1 is 1.29 bits per heavy atom. The van der Waals surface area contributed by atoms with Crippen LogP contribution in [0.1, 0.15) is 39.5 Å². The van der Waals surface area contributed by atoms with Crippen LogP contribution >= 0.6 is 0 Å². The van der Waals surface area contributed by atoms with Crippen molar-refractivity contribution in [3.8, 4) is 0 Å². The van der Waals surface area contributed by atoms with Gasteiger partial charge in [-0.3, -0.25) is 9.80 Å². The SMILES string of the molecule is CC1CNC(C)(C2CC2)CN1CC1CN2CCCC2CO1. The Hall–Kier alpha value is -0.160. The average Bonchev–Trinajstić information content (AvgIpc) is 3.23. The van der Waals surface area contributed by atoms with Gasteiger partial charge in [0, 0.05) is 43.8 Å². The van der Waals surface area contributed by atoms with Gasteiger partial charge < -0.3 is 10.1 Å². The topological polar surface area (TPSA) is 27.7 Å². The molecule has 4 aliphatic rings. The van der Waals surface area contributed by atoms with E-state index in [-0.39, 0.29) is 0 Å². The Bertz CT molecular complexity index is 386. The minimum atomic E-state index is 0.345. The van der Waals surface area contributed by atoms with Crippen LogP contribution in [0.25, 0.3) is 0 Å². The van der Waals surface area contributed by atoms with Crippen LogP contribution in [0.3, 0.4) is 0 Å². The quantitative estimate of drug-likeness (QED) is 0.849. The Morgan fingerprint density at radius 2 is 2.14 bits per heavy atom. The molecule has 0 bridgehead atoms. The molecule has 120 valence electrons. The second kappa shape index (κ2) is 5.48. The summed E-state index contributed by atoms with van der Waals surface area (Å²) >= 11 is 0. The van der Waals surface area contributed by atoms with E-state index in [0.717, 1.165) is 38.2 Å². The van der Waals surface area contributed by atoms with E-state index >= 15 is 0 Å². The number of hydrogen-bond donors (Lipinski definition) is 1. The van der Waals surface area contributed by atoms with Gasteiger partial charge in [-0.05, 0) is 52.0 Å². The fraction of sp³-hybridized carbons (Fsp3) is 1.00. The van der Waals surface area contributed by atoms with Crippen LogP contribution in [0.15, 0.2) is 0 Å². The third kappa shape index (κ3) is 2.88. The van der Waals surface area contributed by atoms with Crippen LogP contribution < -0.4 is 5.32 Å². The van der Waals surface area contributed by atoms with Gasteiger partial charge in [-0.2, -0.15) is 0 Å². The summed E-state index contributed by atoms with van der Waals surface area (Å²) in [4.78, 5) is 5.36. The summed E-state index contributed by atoms with van der Waals surface area (Å²) in [7, 11) is 0. The van der Waals surface area contributed by atoms with Crippen molar-refractivity contribution >= 4 is 0 Å². The molecule has 3 heterocycles. The van der Waals surface area contributed by atoms with Gasteiger partial charge in [-0.1, -0.05) is 0 Å². The third-order valence-corrected chi connectivity index (χ3v) is 6.33. The van der Waals surface area contributed by atoms with Crippen molar-refractivity contribution in [2.45, 2.75) is 63.3 Å². The average molecular weight is 293 g/mol. The highest BCUT2D eigenvalue weighted by Crippen LogP contribution is 2.41. The van der Waals surface area contributed by atoms with Crippen LogP contribution in [0.5, 0.6) is 0 Å². The molecule has 4 fully saturated rings. The number of fused-ring (bicyclic) bond motifs is 1. The minimum absolute atomic E-state index is 0.345. The summed E-state index contributed by atoms with van der Waals surface area (Å²) in [5.74, 6) is 0.905. The van der Waals surface area contributed by atoms with Crippen molar-refractivity contribution in [1.29, 1.82) is 0 Å². The second-order valence-electron chi connectivity index (χ2n) is 8.10. The molecule has 0 aromatic heterocycles. The molecule has 4 nitrogen and oxygen atoms in total. The first kappa shape index (κ1) is 14.4. The fourth-order valence-electron chi connectivity index (χ4n) is 4.64. The second-order valence-corrected chi connectivity index (χ2v) is 8.10. The van der Waals surface area contributed by atoms with Gasteiger partial charge in [0.25, 0.3) is 0 Å². The van der Waals surface area contributed by atoms with E-state index in [0.29, 0.717) is 17.7 Å². The number of ether oxygens (including phenoxy) is 1. The van der Waals surface area contributed by atoms with Crippen molar-refractivity contribution in [3.63, 3.8) is 0 Å². The molecule has 4 unspecified atom stereocenters. The molecule has 4 atom stereocenters. The minimum Gasteiger partial charge on any atom is -0.374 e. The zero-order valence-corrected chi connectivity index (χ0v) is 13.7. The van der Waals surface area contributed by atoms with Crippen molar-refractivity contribution < 1.29 is 4.74 Å². The molecule has 1 saturated carbocycles. The molecule has 1 aliphatic carbocycles. The van der Waals surface area contributed by atoms with Crippen LogP contribution in [0.4, 0.5) is 0 Å². The van der Waals surface area contributed by atoms with Gasteiger partial charge in [0.15, 0.2) is 0 Å². The molecular weight excluding hydrogens is 262 g/mol. The molecule has 3 aliphatic heterocycles. The maximum absolute atomic E-state index is 6.18. The lowest BCUT2D eigenvalue weighted by molar-refractivity contribution is -0.0720. The van der Waals surface area contributed by atoms with Crippen LogP contribution in [0, 0.1) is 5.92 Å². The van der Waals surface area contributed by atoms with Gasteiger partial charge in [-0.15, -0.1) is 0 Å². The summed E-state index contributed by atoms with van der Waals surface area (Å²) in [5, 5.41) is 3.82. The standard InChI is InChI=1S/C17H31N3O/c1-13-8-18-17(2,14-5-6-14)12-20(13)10-16-9-19-7-3-4-15(19)11-21-16/h13-16,18H,3-12H2,1-2H3. The van der Waals surface area contributed by atoms with E-state index in [9.17, 15) is 0 Å². The summed E-state index contributed by atoms with van der Waals surface area (Å²) in [5.41, 5.74) is 0.345. The summed E-state index contributed by atoms with van der Waals surface area (Å²) < 4.78 is 6.18. The Labute approximate surface area is 129 Å². The van der Waals surface area contributed by atoms with E-state index in [1.165, 1.54) is 38.8 Å². The molecule has 4 heteroatoms. The number of nitrogens with zero attached hydrogens (tertiary/aromatic N) is 2. The molecule has 4 rings (SSSR count). The van der Waals surface area contributed by atoms with E-state index in [4.69, 9.17) is 4.74 Å². The maximum atomic E-state index is 6.18. The number of piperazine rings is 1. The molecule has 0 spiro atoms.